The lowest BCUT2D eigenvalue weighted by atomic mass is 9.84. The van der Waals surface area contributed by atoms with Crippen molar-refractivity contribution in [3.63, 3.8) is 0 Å². The summed E-state index contributed by atoms with van der Waals surface area (Å²) in [6.07, 6.45) is 0. The number of esters is 2. The second kappa shape index (κ2) is 14.8. The van der Waals surface area contributed by atoms with E-state index in [1.165, 1.54) is 12.7 Å². The normalized spacial score (nSPS) is 11.1. The average molecular weight is 493 g/mol. The monoisotopic (exact) mass is 492 g/mol. The van der Waals surface area contributed by atoms with Gasteiger partial charge in [0.25, 0.3) is 0 Å². The summed E-state index contributed by atoms with van der Waals surface area (Å²) in [6, 6.07) is 15.9. The first-order valence-electron chi connectivity index (χ1n) is 10.6. The van der Waals surface area contributed by atoms with Gasteiger partial charge in [0.2, 0.25) is 0 Å². The second-order valence-electron chi connectivity index (χ2n) is 7.34. The molecule has 0 amide bonds. The molecule has 0 aromatic heterocycles. The summed E-state index contributed by atoms with van der Waals surface area (Å²) in [7, 11) is 1.41. The van der Waals surface area contributed by atoms with Gasteiger partial charge in [-0.25, -0.2) is 0 Å². The molecule has 0 aliphatic rings. The molecule has 2 aromatic rings. The Labute approximate surface area is 196 Å². The Balaban J connectivity index is 0.000000539. The lowest BCUT2D eigenvalue weighted by molar-refractivity contribution is -0.148. The topological polar surface area (TPSA) is 52.6 Å². The molecule has 2 aromatic carbocycles. The van der Waals surface area contributed by atoms with Gasteiger partial charge in [0.15, 0.2) is 0 Å². The highest BCUT2D eigenvalue weighted by Crippen LogP contribution is 2.25. The van der Waals surface area contributed by atoms with Crippen LogP contribution in [0.2, 0.25) is 0 Å². The quantitative estimate of drug-likeness (QED) is 0.331. The molecule has 0 bridgehead atoms. The third-order valence-corrected chi connectivity index (χ3v) is 5.36. The average Bonchev–Trinajstić information content (AvgIpc) is 2.80. The molecular formula is C26H37BrO4. The summed E-state index contributed by atoms with van der Waals surface area (Å²) in [6.45, 7) is 13.9. The van der Waals surface area contributed by atoms with E-state index in [9.17, 15) is 9.59 Å². The van der Waals surface area contributed by atoms with Gasteiger partial charge < -0.3 is 9.47 Å². The fourth-order valence-electron chi connectivity index (χ4n) is 2.67. The maximum atomic E-state index is 11.8. The van der Waals surface area contributed by atoms with Crippen LogP contribution in [0, 0.1) is 6.92 Å². The van der Waals surface area contributed by atoms with Crippen LogP contribution in [-0.4, -0.2) is 25.7 Å². The van der Waals surface area contributed by atoms with Crippen molar-refractivity contribution in [2.24, 2.45) is 0 Å². The lowest BCUT2D eigenvalue weighted by Crippen LogP contribution is -2.31. The van der Waals surface area contributed by atoms with Crippen LogP contribution in [0.1, 0.15) is 69.7 Å². The second-order valence-corrected chi connectivity index (χ2v) is 7.90. The molecule has 0 heterocycles. The smallest absolute Gasteiger partial charge is 0.315 e. The van der Waals surface area contributed by atoms with Gasteiger partial charge in [-0.15, -0.1) is 0 Å². The van der Waals surface area contributed by atoms with E-state index < -0.39 is 5.41 Å². The predicted molar refractivity (Wildman–Crippen MR) is 132 cm³/mol. The lowest BCUT2D eigenvalue weighted by Gasteiger charge is -2.23. The van der Waals surface area contributed by atoms with E-state index in [0.717, 1.165) is 22.0 Å². The van der Waals surface area contributed by atoms with Crippen molar-refractivity contribution in [3.05, 3.63) is 70.8 Å². The first-order chi connectivity index (χ1) is 14.7. The third-order valence-electron chi connectivity index (χ3n) is 4.71. The molecule has 0 fully saturated rings. The minimum Gasteiger partial charge on any atom is -0.469 e. The predicted octanol–water partition coefficient (Wildman–Crippen LogP) is 6.72. The molecular weight excluding hydrogens is 456 g/mol. The Hall–Kier alpha value is -2.14. The van der Waals surface area contributed by atoms with Crippen LogP contribution < -0.4 is 0 Å². The van der Waals surface area contributed by atoms with Gasteiger partial charge in [-0.1, -0.05) is 83.9 Å². The molecule has 0 N–H and O–H groups in total. The molecule has 1 unspecified atom stereocenters. The maximum Gasteiger partial charge on any atom is 0.315 e. The van der Waals surface area contributed by atoms with Crippen molar-refractivity contribution < 1.29 is 19.1 Å². The van der Waals surface area contributed by atoms with E-state index in [0.29, 0.717) is 6.61 Å². The number of halogens is 1. The van der Waals surface area contributed by atoms with Crippen LogP contribution in [0.15, 0.2) is 48.5 Å². The number of rotatable bonds is 6. The summed E-state index contributed by atoms with van der Waals surface area (Å²) >= 11 is 3.37. The van der Waals surface area contributed by atoms with E-state index in [-0.39, 0.29) is 17.9 Å². The fraction of sp³-hybridized carbons (Fsp3) is 0.462. The van der Waals surface area contributed by atoms with Crippen molar-refractivity contribution >= 4 is 27.9 Å². The molecule has 4 nitrogen and oxygen atoms in total. The molecule has 31 heavy (non-hydrogen) atoms. The molecule has 0 spiro atoms. The van der Waals surface area contributed by atoms with Crippen LogP contribution >= 0.6 is 15.9 Å². The Morgan fingerprint density at radius 1 is 1.06 bits per heavy atom. The van der Waals surface area contributed by atoms with Gasteiger partial charge in [0.05, 0.1) is 25.0 Å². The highest BCUT2D eigenvalue weighted by Gasteiger charge is 2.31. The number of alkyl halides is 1. The van der Waals surface area contributed by atoms with E-state index in [1.807, 2.05) is 97.0 Å². The van der Waals surface area contributed by atoms with E-state index in [1.54, 1.807) is 0 Å². The van der Waals surface area contributed by atoms with Gasteiger partial charge in [-0.3, -0.25) is 9.59 Å². The molecule has 172 valence electrons. The first-order valence-corrected chi connectivity index (χ1v) is 11.8. The van der Waals surface area contributed by atoms with Gasteiger partial charge in [-0.05, 0) is 51.3 Å². The summed E-state index contributed by atoms with van der Waals surface area (Å²) < 4.78 is 9.74. The molecule has 0 aliphatic heterocycles. The Morgan fingerprint density at radius 3 is 2.10 bits per heavy atom. The largest absolute Gasteiger partial charge is 0.469 e. The molecule has 1 atom stereocenters. The van der Waals surface area contributed by atoms with Gasteiger partial charge in [0, 0.05) is 5.33 Å². The Kier molecular flexibility index (Phi) is 13.8. The van der Waals surface area contributed by atoms with Crippen molar-refractivity contribution in [1.29, 1.82) is 0 Å². The first kappa shape index (κ1) is 28.9. The number of aryl methyl sites for hydroxylation is 1. The maximum absolute atomic E-state index is 11.8. The zero-order valence-corrected chi connectivity index (χ0v) is 21.7. The van der Waals surface area contributed by atoms with Crippen molar-refractivity contribution in [2.75, 3.05) is 13.7 Å². The summed E-state index contributed by atoms with van der Waals surface area (Å²) in [5.41, 5.74) is 3.78. The van der Waals surface area contributed by atoms with Crippen LogP contribution in [0.4, 0.5) is 0 Å². The summed E-state index contributed by atoms with van der Waals surface area (Å²) in [5.74, 6) is -0.559. The van der Waals surface area contributed by atoms with E-state index in [4.69, 9.17) is 4.74 Å². The highest BCUT2D eigenvalue weighted by molar-refractivity contribution is 9.08. The number of hydrogen-bond donors (Lipinski definition) is 0. The number of benzene rings is 2. The number of ether oxygens (including phenoxy) is 2. The highest BCUT2D eigenvalue weighted by atomic mass is 79.9. The van der Waals surface area contributed by atoms with Gasteiger partial charge >= 0.3 is 11.9 Å². The third kappa shape index (κ3) is 9.26. The zero-order valence-electron chi connectivity index (χ0n) is 20.1. The fourth-order valence-corrected chi connectivity index (χ4v) is 3.05. The van der Waals surface area contributed by atoms with Crippen LogP contribution in [0.25, 0.3) is 0 Å². The van der Waals surface area contributed by atoms with Gasteiger partial charge in [0.1, 0.15) is 0 Å². The van der Waals surface area contributed by atoms with Crippen LogP contribution in [-0.2, 0) is 29.8 Å². The number of hydrogen-bond acceptors (Lipinski definition) is 4. The van der Waals surface area contributed by atoms with E-state index in [2.05, 4.69) is 20.7 Å². The Bertz CT molecular complexity index is 797. The molecule has 2 rings (SSSR count). The van der Waals surface area contributed by atoms with Crippen molar-refractivity contribution in [1.82, 2.24) is 0 Å². The molecule has 5 heteroatoms. The minimum atomic E-state index is -0.567. The van der Waals surface area contributed by atoms with Crippen LogP contribution in [0.3, 0.4) is 0 Å². The SMILES string of the molecule is CC.CCOC(=O)C(C)(C)c1cccc(C)c1.COC(=O)C(C)c1ccc(CBr)cc1. The number of methoxy groups -OCH3 is 1. The van der Waals surface area contributed by atoms with Crippen molar-refractivity contribution in [2.45, 2.75) is 65.1 Å². The molecule has 0 saturated heterocycles. The summed E-state index contributed by atoms with van der Waals surface area (Å²) in [5, 5.41) is 0.833. The van der Waals surface area contributed by atoms with Gasteiger partial charge in [-0.2, -0.15) is 0 Å². The minimum absolute atomic E-state index is 0.171. The molecule has 0 aliphatic carbocycles. The standard InChI is InChI=1S/C13H18O2.C11H13BrO2.C2H6/c1-5-15-12(14)13(3,4)11-8-6-7-10(2)9-11;1-8(11(13)14-2)10-5-3-9(7-12)4-6-10;1-2/h6-9H,5H2,1-4H3;3-6,8H,7H2,1-2H3;1-2H3. The number of carbonyl (C=O) groups excluding carboxylic acids is 2. The number of carbonyl (C=O) groups is 2. The Morgan fingerprint density at radius 2 is 1.65 bits per heavy atom. The zero-order chi connectivity index (χ0) is 24.0. The summed E-state index contributed by atoms with van der Waals surface area (Å²) in [4.78, 5) is 23.0. The molecule has 0 radical (unpaired) electrons. The van der Waals surface area contributed by atoms with Crippen LogP contribution in [0.5, 0.6) is 0 Å². The van der Waals surface area contributed by atoms with Crippen molar-refractivity contribution in [3.8, 4) is 0 Å². The van der Waals surface area contributed by atoms with E-state index >= 15 is 0 Å². The molecule has 0 saturated carbocycles.